The summed E-state index contributed by atoms with van der Waals surface area (Å²) in [4.78, 5) is 27.3. The van der Waals surface area contributed by atoms with Gasteiger partial charge in [-0.25, -0.2) is 8.42 Å². The summed E-state index contributed by atoms with van der Waals surface area (Å²) in [5.41, 5.74) is 0.630. The number of benzene rings is 3. The smallest absolute Gasteiger partial charge is 0.289 e. The van der Waals surface area contributed by atoms with Gasteiger partial charge in [-0.2, -0.15) is 0 Å². The second-order valence-corrected chi connectivity index (χ2v) is 9.94. The van der Waals surface area contributed by atoms with E-state index < -0.39 is 32.1 Å². The van der Waals surface area contributed by atoms with E-state index in [1.54, 1.807) is 42.3 Å². The maximum Gasteiger partial charge on any atom is 0.289 e. The highest BCUT2D eigenvalue weighted by atomic mass is 32.2. The van der Waals surface area contributed by atoms with E-state index in [1.807, 2.05) is 24.3 Å². The Kier molecular flexibility index (Phi) is 7.39. The zero-order chi connectivity index (χ0) is 25.7. The Morgan fingerprint density at radius 1 is 0.944 bits per heavy atom. The fourth-order valence-electron chi connectivity index (χ4n) is 4.16. The van der Waals surface area contributed by atoms with Crippen molar-refractivity contribution in [1.82, 2.24) is 4.90 Å². The standard InChI is InChI=1S/C25H26N4O6S/c1-35-23-13-7-5-11-21(23)26-15-17-27(18-16-26)25(30)19-28(20-9-3-2-4-10-20)36(33,34)24-14-8-6-12-22(24)29(31)32/h2-14H,15-19H2,1H3. The highest BCUT2D eigenvalue weighted by Gasteiger charge is 2.34. The van der Waals surface area contributed by atoms with Crippen LogP contribution in [0.15, 0.2) is 83.8 Å². The number of rotatable bonds is 8. The van der Waals surface area contributed by atoms with Gasteiger partial charge in [-0.1, -0.05) is 42.5 Å². The number of hydrogen-bond acceptors (Lipinski definition) is 7. The summed E-state index contributed by atoms with van der Waals surface area (Å²) < 4.78 is 33.6. The van der Waals surface area contributed by atoms with Gasteiger partial charge in [-0.05, 0) is 30.3 Å². The first-order chi connectivity index (χ1) is 17.3. The summed E-state index contributed by atoms with van der Waals surface area (Å²) in [5, 5.41) is 11.5. The summed E-state index contributed by atoms with van der Waals surface area (Å²) in [6, 6.07) is 20.9. The molecule has 3 aromatic rings. The lowest BCUT2D eigenvalue weighted by atomic mass is 10.2. The molecule has 1 saturated heterocycles. The van der Waals surface area contributed by atoms with E-state index in [9.17, 15) is 23.3 Å². The minimum atomic E-state index is -4.41. The van der Waals surface area contributed by atoms with Gasteiger partial charge in [-0.3, -0.25) is 19.2 Å². The van der Waals surface area contributed by atoms with Gasteiger partial charge in [0.1, 0.15) is 12.3 Å². The Labute approximate surface area is 209 Å². The van der Waals surface area contributed by atoms with E-state index in [0.717, 1.165) is 21.8 Å². The van der Waals surface area contributed by atoms with Crippen LogP contribution in [0.1, 0.15) is 0 Å². The van der Waals surface area contributed by atoms with Gasteiger partial charge < -0.3 is 14.5 Å². The van der Waals surface area contributed by atoms with Gasteiger partial charge in [0.05, 0.1) is 23.4 Å². The van der Waals surface area contributed by atoms with Crippen molar-refractivity contribution >= 4 is 33.0 Å². The molecule has 3 aromatic carbocycles. The number of nitro groups is 1. The number of hydrogen-bond donors (Lipinski definition) is 0. The fourth-order valence-corrected chi connectivity index (χ4v) is 5.74. The number of amides is 1. The molecule has 11 heteroatoms. The molecule has 36 heavy (non-hydrogen) atoms. The molecule has 1 fully saturated rings. The van der Waals surface area contributed by atoms with E-state index in [4.69, 9.17) is 4.74 Å². The van der Waals surface area contributed by atoms with E-state index >= 15 is 0 Å². The quantitative estimate of drug-likeness (QED) is 0.338. The molecule has 0 aliphatic carbocycles. The van der Waals surface area contributed by atoms with Crippen LogP contribution in [-0.2, 0) is 14.8 Å². The Balaban J connectivity index is 1.56. The largest absolute Gasteiger partial charge is 0.495 e. The summed E-state index contributed by atoms with van der Waals surface area (Å²) in [5.74, 6) is 0.351. The summed E-state index contributed by atoms with van der Waals surface area (Å²) in [7, 11) is -2.80. The van der Waals surface area contributed by atoms with E-state index in [1.165, 1.54) is 18.2 Å². The van der Waals surface area contributed by atoms with Gasteiger partial charge in [0.15, 0.2) is 4.90 Å². The van der Waals surface area contributed by atoms with Crippen molar-refractivity contribution in [2.24, 2.45) is 0 Å². The normalized spacial score (nSPS) is 13.8. The highest BCUT2D eigenvalue weighted by molar-refractivity contribution is 7.93. The average Bonchev–Trinajstić information content (AvgIpc) is 2.92. The van der Waals surface area contributed by atoms with Crippen molar-refractivity contribution in [3.05, 3.63) is 89.0 Å². The predicted octanol–water partition coefficient (Wildman–Crippen LogP) is 3.15. The molecule has 1 amide bonds. The van der Waals surface area contributed by atoms with Gasteiger partial charge >= 0.3 is 0 Å². The third kappa shape index (κ3) is 5.10. The van der Waals surface area contributed by atoms with E-state index in [-0.39, 0.29) is 11.6 Å². The number of para-hydroxylation sites is 4. The first-order valence-corrected chi connectivity index (χ1v) is 12.7. The molecule has 1 heterocycles. The molecule has 0 spiro atoms. The molecule has 0 N–H and O–H groups in total. The van der Waals surface area contributed by atoms with Crippen molar-refractivity contribution in [1.29, 1.82) is 0 Å². The summed E-state index contributed by atoms with van der Waals surface area (Å²) >= 11 is 0. The van der Waals surface area contributed by atoms with Crippen LogP contribution in [0.5, 0.6) is 5.75 Å². The number of piperazine rings is 1. The number of carbonyl (C=O) groups is 1. The molecule has 10 nitrogen and oxygen atoms in total. The highest BCUT2D eigenvalue weighted by Crippen LogP contribution is 2.31. The Morgan fingerprint density at radius 2 is 1.56 bits per heavy atom. The number of nitrogens with zero attached hydrogens (tertiary/aromatic N) is 4. The molecular weight excluding hydrogens is 484 g/mol. The van der Waals surface area contributed by atoms with E-state index in [0.29, 0.717) is 26.2 Å². The van der Waals surface area contributed by atoms with Crippen molar-refractivity contribution in [2.45, 2.75) is 4.90 Å². The average molecular weight is 511 g/mol. The Bertz CT molecular complexity index is 1340. The van der Waals surface area contributed by atoms with Gasteiger partial charge in [0.2, 0.25) is 5.91 Å². The Hall–Kier alpha value is -4.12. The number of methoxy groups -OCH3 is 1. The first kappa shape index (κ1) is 25.0. The monoisotopic (exact) mass is 510 g/mol. The van der Waals surface area contributed by atoms with Crippen LogP contribution in [0.3, 0.4) is 0 Å². The minimum absolute atomic E-state index is 0.247. The molecule has 1 aliphatic heterocycles. The minimum Gasteiger partial charge on any atom is -0.495 e. The zero-order valence-corrected chi connectivity index (χ0v) is 20.5. The fraction of sp³-hybridized carbons (Fsp3) is 0.240. The van der Waals surface area contributed by atoms with Crippen LogP contribution in [0, 0.1) is 10.1 Å². The van der Waals surface area contributed by atoms with Gasteiger partial charge in [0, 0.05) is 32.2 Å². The summed E-state index contributed by atoms with van der Waals surface area (Å²) in [6.07, 6.45) is 0. The van der Waals surface area contributed by atoms with Gasteiger partial charge in [0.25, 0.3) is 15.7 Å². The van der Waals surface area contributed by atoms with E-state index in [2.05, 4.69) is 4.90 Å². The topological polar surface area (TPSA) is 113 Å². The molecule has 0 bridgehead atoms. The summed E-state index contributed by atoms with van der Waals surface area (Å²) in [6.45, 7) is 1.41. The molecular formula is C25H26N4O6S. The van der Waals surface area contributed by atoms with Crippen molar-refractivity contribution in [2.75, 3.05) is 49.0 Å². The van der Waals surface area contributed by atoms with Crippen LogP contribution in [-0.4, -0.2) is 64.0 Å². The predicted molar refractivity (Wildman–Crippen MR) is 136 cm³/mol. The second-order valence-electron chi connectivity index (χ2n) is 8.11. The maximum atomic E-state index is 13.6. The molecule has 0 unspecified atom stereocenters. The zero-order valence-electron chi connectivity index (χ0n) is 19.7. The number of anilines is 2. The van der Waals surface area contributed by atoms with Crippen molar-refractivity contribution < 1.29 is 22.9 Å². The van der Waals surface area contributed by atoms with Crippen molar-refractivity contribution in [3.8, 4) is 5.75 Å². The number of sulfonamides is 1. The van der Waals surface area contributed by atoms with Crippen LogP contribution in [0.2, 0.25) is 0 Å². The second kappa shape index (κ2) is 10.6. The van der Waals surface area contributed by atoms with Crippen LogP contribution in [0.25, 0.3) is 0 Å². The van der Waals surface area contributed by atoms with Crippen molar-refractivity contribution in [3.63, 3.8) is 0 Å². The lowest BCUT2D eigenvalue weighted by Gasteiger charge is -2.37. The SMILES string of the molecule is COc1ccccc1N1CCN(C(=O)CN(c2ccccc2)S(=O)(=O)c2ccccc2[N+](=O)[O-])CC1. The lowest BCUT2D eigenvalue weighted by Crippen LogP contribution is -2.52. The third-order valence-corrected chi connectivity index (χ3v) is 7.83. The maximum absolute atomic E-state index is 13.6. The van der Waals surface area contributed by atoms with Gasteiger partial charge in [-0.15, -0.1) is 0 Å². The molecule has 0 atom stereocenters. The molecule has 0 radical (unpaired) electrons. The molecule has 4 rings (SSSR count). The molecule has 0 aromatic heterocycles. The number of nitro benzene ring substituents is 1. The number of ether oxygens (including phenoxy) is 1. The Morgan fingerprint density at radius 3 is 2.22 bits per heavy atom. The number of carbonyl (C=O) groups excluding carboxylic acids is 1. The molecule has 188 valence electrons. The molecule has 1 aliphatic rings. The molecule has 0 saturated carbocycles. The first-order valence-electron chi connectivity index (χ1n) is 11.3. The van der Waals surface area contributed by atoms with Crippen LogP contribution >= 0.6 is 0 Å². The third-order valence-electron chi connectivity index (χ3n) is 6.01. The van der Waals surface area contributed by atoms with Crippen LogP contribution in [0.4, 0.5) is 17.1 Å². The lowest BCUT2D eigenvalue weighted by molar-refractivity contribution is -0.387. The van der Waals surface area contributed by atoms with Crippen LogP contribution < -0.4 is 13.9 Å².